The Morgan fingerprint density at radius 3 is 2.59 bits per heavy atom. The first-order valence-electron chi connectivity index (χ1n) is 6.69. The largest absolute Gasteiger partial charge is 0.356 e. The molecule has 0 aliphatic rings. The molecule has 2 amide bonds. The number of hydrogen-bond donors (Lipinski definition) is 3. The summed E-state index contributed by atoms with van der Waals surface area (Å²) in [7, 11) is 1.85. The molecule has 0 radical (unpaired) electrons. The van der Waals surface area contributed by atoms with Crippen LogP contribution in [0.15, 0.2) is 22.7 Å². The molecule has 1 rings (SSSR count). The summed E-state index contributed by atoms with van der Waals surface area (Å²) >= 11 is 3.19. The third-order valence-corrected chi connectivity index (χ3v) is 3.43. The van der Waals surface area contributed by atoms with Crippen LogP contribution in [0.2, 0.25) is 0 Å². The highest BCUT2D eigenvalue weighted by atomic mass is 79.9. The van der Waals surface area contributed by atoms with Crippen LogP contribution in [0.5, 0.6) is 0 Å². The van der Waals surface area contributed by atoms with Crippen molar-refractivity contribution in [1.29, 1.82) is 0 Å². The van der Waals surface area contributed by atoms with Crippen molar-refractivity contribution in [3.8, 4) is 0 Å². The summed E-state index contributed by atoms with van der Waals surface area (Å²) in [5, 5.41) is 8.33. The first-order valence-corrected chi connectivity index (χ1v) is 7.48. The van der Waals surface area contributed by atoms with Crippen molar-refractivity contribution in [2.45, 2.75) is 12.8 Å². The fourth-order valence-corrected chi connectivity index (χ4v) is 2.06. The van der Waals surface area contributed by atoms with Crippen LogP contribution in [0.25, 0.3) is 0 Å². The van der Waals surface area contributed by atoms with Gasteiger partial charge in [-0.25, -0.2) is 4.39 Å². The molecule has 0 saturated heterocycles. The highest BCUT2D eigenvalue weighted by Gasteiger charge is 2.11. The Labute approximate surface area is 144 Å². The van der Waals surface area contributed by atoms with Crippen molar-refractivity contribution >= 4 is 40.2 Å². The van der Waals surface area contributed by atoms with Crippen molar-refractivity contribution in [3.63, 3.8) is 0 Å². The monoisotopic (exact) mass is 395 g/mol. The molecule has 0 aliphatic carbocycles. The number of hydrogen-bond acceptors (Lipinski definition) is 3. The number of nitrogens with one attached hydrogen (secondary N) is 3. The molecule has 8 heteroatoms. The fraction of sp³-hybridized carbons (Fsp3) is 0.429. The Kier molecular flexibility index (Phi) is 10.8. The predicted molar refractivity (Wildman–Crippen MR) is 89.9 cm³/mol. The van der Waals surface area contributed by atoms with Gasteiger partial charge < -0.3 is 16.0 Å². The molecule has 22 heavy (non-hydrogen) atoms. The van der Waals surface area contributed by atoms with Crippen LogP contribution < -0.4 is 16.0 Å². The number of carbonyl (C=O) groups excluding carboxylic acids is 2. The van der Waals surface area contributed by atoms with Crippen molar-refractivity contribution in [2.75, 3.05) is 26.7 Å². The van der Waals surface area contributed by atoms with Crippen LogP contribution in [0, 0.1) is 5.82 Å². The van der Waals surface area contributed by atoms with Gasteiger partial charge in [-0.2, -0.15) is 0 Å². The van der Waals surface area contributed by atoms with E-state index in [9.17, 15) is 14.0 Å². The lowest BCUT2D eigenvalue weighted by atomic mass is 10.2. The normalized spacial score (nSPS) is 9.77. The summed E-state index contributed by atoms with van der Waals surface area (Å²) in [6.45, 7) is 1.65. The second kappa shape index (κ2) is 11.4. The van der Waals surface area contributed by atoms with Gasteiger partial charge in [-0.3, -0.25) is 9.59 Å². The minimum atomic E-state index is -0.481. The molecule has 5 nitrogen and oxygen atoms in total. The van der Waals surface area contributed by atoms with E-state index in [1.54, 1.807) is 0 Å². The smallest absolute Gasteiger partial charge is 0.252 e. The topological polar surface area (TPSA) is 70.2 Å². The summed E-state index contributed by atoms with van der Waals surface area (Å²) in [5.74, 6) is -1.01. The molecule has 0 atom stereocenters. The van der Waals surface area contributed by atoms with E-state index in [1.165, 1.54) is 12.1 Å². The van der Waals surface area contributed by atoms with E-state index in [0.717, 1.165) is 19.0 Å². The highest BCUT2D eigenvalue weighted by molar-refractivity contribution is 9.10. The van der Waals surface area contributed by atoms with Gasteiger partial charge in [0.2, 0.25) is 5.91 Å². The quantitative estimate of drug-likeness (QED) is 0.587. The van der Waals surface area contributed by atoms with Crippen molar-refractivity contribution < 1.29 is 14.0 Å². The minimum absolute atomic E-state index is 0. The molecule has 0 saturated carbocycles. The number of amides is 2. The van der Waals surface area contributed by atoms with Crippen LogP contribution in [-0.4, -0.2) is 38.5 Å². The Bertz CT molecular complexity index is 503. The van der Waals surface area contributed by atoms with E-state index >= 15 is 0 Å². The van der Waals surface area contributed by atoms with Crippen LogP contribution in [0.3, 0.4) is 0 Å². The number of carbonyl (C=O) groups is 2. The molecule has 1 aromatic rings. The average Bonchev–Trinajstić information content (AvgIpc) is 2.46. The van der Waals surface area contributed by atoms with Gasteiger partial charge in [0.1, 0.15) is 5.82 Å². The second-order valence-electron chi connectivity index (χ2n) is 4.44. The van der Waals surface area contributed by atoms with Gasteiger partial charge in [0.25, 0.3) is 5.91 Å². The summed E-state index contributed by atoms with van der Waals surface area (Å²) in [5.41, 5.74) is 0.212. The molecule has 0 unspecified atom stereocenters. The molecular formula is C14H20BrClFN3O2. The van der Waals surface area contributed by atoms with Crippen molar-refractivity contribution in [3.05, 3.63) is 34.1 Å². The highest BCUT2D eigenvalue weighted by Crippen LogP contribution is 2.17. The van der Waals surface area contributed by atoms with E-state index in [0.29, 0.717) is 11.0 Å². The molecule has 0 fully saturated rings. The van der Waals surface area contributed by atoms with Gasteiger partial charge in [0, 0.05) is 24.0 Å². The van der Waals surface area contributed by atoms with Crippen molar-refractivity contribution in [1.82, 2.24) is 16.0 Å². The molecule has 0 heterocycles. The van der Waals surface area contributed by atoms with Gasteiger partial charge >= 0.3 is 0 Å². The van der Waals surface area contributed by atoms with E-state index in [4.69, 9.17) is 0 Å². The molecule has 0 aromatic heterocycles. The van der Waals surface area contributed by atoms with Gasteiger partial charge in [-0.15, -0.1) is 12.4 Å². The average molecular weight is 397 g/mol. The van der Waals surface area contributed by atoms with Gasteiger partial charge in [0.15, 0.2) is 0 Å². The molecule has 124 valence electrons. The lowest BCUT2D eigenvalue weighted by Gasteiger charge is -2.08. The number of rotatable bonds is 8. The summed E-state index contributed by atoms with van der Waals surface area (Å²) < 4.78 is 13.6. The lowest BCUT2D eigenvalue weighted by Crippen LogP contribution is -2.32. The van der Waals surface area contributed by atoms with E-state index in [2.05, 4.69) is 31.9 Å². The minimum Gasteiger partial charge on any atom is -0.356 e. The fourth-order valence-electron chi connectivity index (χ4n) is 1.64. The molecule has 3 N–H and O–H groups in total. The predicted octanol–water partition coefficient (Wildman–Crippen LogP) is 1.86. The summed E-state index contributed by atoms with van der Waals surface area (Å²) in [6, 6.07) is 3.88. The molecule has 1 aromatic carbocycles. The molecular weight excluding hydrogens is 377 g/mol. The van der Waals surface area contributed by atoms with Crippen LogP contribution in [-0.2, 0) is 4.79 Å². The summed E-state index contributed by atoms with van der Waals surface area (Å²) in [6.07, 6.45) is 1.04. The zero-order chi connectivity index (χ0) is 15.7. The Morgan fingerprint density at radius 1 is 1.18 bits per heavy atom. The zero-order valence-corrected chi connectivity index (χ0v) is 14.7. The third kappa shape index (κ3) is 7.72. The van der Waals surface area contributed by atoms with Crippen molar-refractivity contribution in [2.24, 2.45) is 0 Å². The maximum atomic E-state index is 13.1. The molecule has 0 aliphatic heterocycles. The number of halogens is 3. The Morgan fingerprint density at radius 2 is 1.91 bits per heavy atom. The van der Waals surface area contributed by atoms with Gasteiger partial charge in [-0.1, -0.05) is 0 Å². The van der Waals surface area contributed by atoms with Gasteiger partial charge in [0.05, 0.1) is 5.56 Å². The maximum Gasteiger partial charge on any atom is 0.252 e. The lowest BCUT2D eigenvalue weighted by molar-refractivity contribution is -0.120. The standard InChI is InChI=1S/C14H19BrFN3O2.ClH/c1-17-6-2-7-18-13(20)5-8-19-14(21)11-9-10(16)3-4-12(11)15;/h3-4,9,17H,2,5-8H2,1H3,(H,18,20)(H,19,21);1H. The third-order valence-electron chi connectivity index (χ3n) is 2.74. The van der Waals surface area contributed by atoms with Crippen LogP contribution in [0.1, 0.15) is 23.2 Å². The maximum absolute atomic E-state index is 13.1. The summed E-state index contributed by atoms with van der Waals surface area (Å²) in [4.78, 5) is 23.3. The van der Waals surface area contributed by atoms with E-state index < -0.39 is 11.7 Å². The number of benzene rings is 1. The van der Waals surface area contributed by atoms with Crippen LogP contribution in [0.4, 0.5) is 4.39 Å². The SMILES string of the molecule is CNCCCNC(=O)CCNC(=O)c1cc(F)ccc1Br.Cl. The van der Waals surface area contributed by atoms with Crippen LogP contribution >= 0.6 is 28.3 Å². The molecule has 0 spiro atoms. The first-order chi connectivity index (χ1) is 10.0. The van der Waals surface area contributed by atoms with E-state index in [-0.39, 0.29) is 36.8 Å². The first kappa shape index (κ1) is 20.8. The van der Waals surface area contributed by atoms with Gasteiger partial charge in [-0.05, 0) is 54.1 Å². The molecule has 0 bridgehead atoms. The van der Waals surface area contributed by atoms with E-state index in [1.807, 2.05) is 7.05 Å². The Balaban J connectivity index is 0.00000441. The Hall–Kier alpha value is -1.18. The second-order valence-corrected chi connectivity index (χ2v) is 5.29. The zero-order valence-electron chi connectivity index (χ0n) is 12.2.